The fraction of sp³-hybridized carbons (Fsp3) is 0.647. The molecule has 4 aliphatic rings. The molecular weight excluding hydrogens is 296 g/mol. The summed E-state index contributed by atoms with van der Waals surface area (Å²) in [5.41, 5.74) is 2.38. The van der Waals surface area contributed by atoms with Crippen LogP contribution in [0.2, 0.25) is 0 Å². The van der Waals surface area contributed by atoms with Gasteiger partial charge in [0.25, 0.3) is 0 Å². The molecule has 0 radical (unpaired) electrons. The van der Waals surface area contributed by atoms with Crippen LogP contribution in [0.5, 0.6) is 0 Å². The van der Waals surface area contributed by atoms with Crippen LogP contribution in [0.3, 0.4) is 0 Å². The first kappa shape index (κ1) is 14.4. The third-order valence-electron chi connectivity index (χ3n) is 5.72. The molecule has 3 aliphatic carbocycles. The minimum absolute atomic E-state index is 0.287. The number of hydrogen-bond acceptors (Lipinski definition) is 4. The van der Waals surface area contributed by atoms with Crippen molar-refractivity contribution < 1.29 is 9.53 Å². The fourth-order valence-corrected chi connectivity index (χ4v) is 5.04. The van der Waals surface area contributed by atoms with Crippen molar-refractivity contribution in [2.24, 2.45) is 17.3 Å². The number of carbonyl (C=O) groups excluding carboxylic acids is 1. The van der Waals surface area contributed by atoms with Crippen molar-refractivity contribution >= 4 is 17.7 Å². The van der Waals surface area contributed by atoms with Crippen molar-refractivity contribution in [1.29, 1.82) is 0 Å². The number of carbonyl (C=O) groups is 1. The molecule has 1 aromatic rings. The Morgan fingerprint density at radius 2 is 2.41 bits per heavy atom. The van der Waals surface area contributed by atoms with Crippen LogP contribution in [0.25, 0.3) is 0 Å². The molecular formula is C17H22N2O2S. The average Bonchev–Trinajstić information content (AvgIpc) is 3.08. The van der Waals surface area contributed by atoms with Gasteiger partial charge in [0.15, 0.2) is 10.9 Å². The summed E-state index contributed by atoms with van der Waals surface area (Å²) in [6.45, 7) is 6.15. The van der Waals surface area contributed by atoms with Crippen molar-refractivity contribution in [1.82, 2.24) is 9.55 Å². The van der Waals surface area contributed by atoms with Crippen molar-refractivity contribution in [2.75, 3.05) is 12.4 Å². The Bertz CT molecular complexity index is 626. The van der Waals surface area contributed by atoms with E-state index in [-0.39, 0.29) is 5.97 Å². The van der Waals surface area contributed by atoms with Gasteiger partial charge >= 0.3 is 5.97 Å². The van der Waals surface area contributed by atoms with Crippen molar-refractivity contribution in [3.05, 3.63) is 23.5 Å². The largest absolute Gasteiger partial charge is 0.461 e. The van der Waals surface area contributed by atoms with E-state index < -0.39 is 0 Å². The predicted molar refractivity (Wildman–Crippen MR) is 85.9 cm³/mol. The van der Waals surface area contributed by atoms with Gasteiger partial charge in [-0.2, -0.15) is 0 Å². The Kier molecular flexibility index (Phi) is 3.36. The van der Waals surface area contributed by atoms with E-state index in [1.807, 2.05) is 10.8 Å². The minimum atomic E-state index is -0.287. The minimum Gasteiger partial charge on any atom is -0.461 e. The molecule has 0 aromatic carbocycles. The summed E-state index contributed by atoms with van der Waals surface area (Å²) in [6.07, 6.45) is 7.57. The smallest absolute Gasteiger partial charge is 0.358 e. The van der Waals surface area contributed by atoms with Crippen LogP contribution in [-0.4, -0.2) is 27.9 Å². The second-order valence-electron chi connectivity index (χ2n) is 7.16. The third-order valence-corrected chi connectivity index (χ3v) is 6.69. The number of imidazole rings is 1. The molecule has 0 N–H and O–H groups in total. The highest BCUT2D eigenvalue weighted by Crippen LogP contribution is 2.59. The molecule has 5 heteroatoms. The van der Waals surface area contributed by atoms with E-state index >= 15 is 0 Å². The number of ether oxygens (including phenoxy) is 1. The van der Waals surface area contributed by atoms with Crippen LogP contribution in [-0.2, 0) is 11.3 Å². The number of esters is 1. The first-order valence-corrected chi connectivity index (χ1v) is 9.10. The van der Waals surface area contributed by atoms with Gasteiger partial charge in [0, 0.05) is 24.9 Å². The molecule has 1 aromatic heterocycles. The Labute approximate surface area is 135 Å². The van der Waals surface area contributed by atoms with Crippen LogP contribution < -0.4 is 0 Å². The van der Waals surface area contributed by atoms with Gasteiger partial charge in [-0.1, -0.05) is 37.3 Å². The van der Waals surface area contributed by atoms with Crippen molar-refractivity contribution in [2.45, 2.75) is 44.8 Å². The number of fused-ring (bicyclic) bond motifs is 2. The second-order valence-corrected chi connectivity index (χ2v) is 8.22. The van der Waals surface area contributed by atoms with Crippen LogP contribution in [0.4, 0.5) is 0 Å². The fourth-order valence-electron chi connectivity index (χ4n) is 4.10. The molecule has 5 rings (SSSR count). The lowest BCUT2D eigenvalue weighted by atomic mass is 9.48. The number of hydrogen-bond donors (Lipinski definition) is 0. The molecule has 0 saturated heterocycles. The van der Waals surface area contributed by atoms with Gasteiger partial charge in [0.05, 0.1) is 6.61 Å². The molecule has 0 spiro atoms. The summed E-state index contributed by atoms with van der Waals surface area (Å²) in [5, 5.41) is 0.934. The lowest BCUT2D eigenvalue weighted by Crippen LogP contribution is -2.48. The van der Waals surface area contributed by atoms with Gasteiger partial charge in [-0.25, -0.2) is 9.78 Å². The lowest BCUT2D eigenvalue weighted by Gasteiger charge is -2.56. The zero-order chi connectivity index (χ0) is 15.3. The molecule has 2 heterocycles. The number of rotatable bonds is 4. The van der Waals surface area contributed by atoms with E-state index in [1.54, 1.807) is 11.8 Å². The Hall–Kier alpha value is -1.23. The number of nitrogens with zero attached hydrogens (tertiary/aromatic N) is 2. The maximum atomic E-state index is 12.1. The molecule has 2 atom stereocenters. The Morgan fingerprint density at radius 1 is 1.55 bits per heavy atom. The third kappa shape index (κ3) is 2.21. The number of allylic oxidation sites excluding steroid dienone is 1. The van der Waals surface area contributed by atoms with Gasteiger partial charge in [-0.15, -0.1) is 0 Å². The first-order valence-electron chi connectivity index (χ1n) is 8.11. The van der Waals surface area contributed by atoms with E-state index in [0.717, 1.165) is 29.8 Å². The SMILES string of the molecule is CC1(C)[C@H]2CC=C(CCOC(=O)c3cn4c(n3)SCC4)[C@@H]1C2. The highest BCUT2D eigenvalue weighted by atomic mass is 32.2. The summed E-state index contributed by atoms with van der Waals surface area (Å²) in [7, 11) is 0. The second kappa shape index (κ2) is 5.15. The zero-order valence-electron chi connectivity index (χ0n) is 13.2. The van der Waals surface area contributed by atoms with Gasteiger partial charge in [0.2, 0.25) is 0 Å². The molecule has 0 unspecified atom stereocenters. The summed E-state index contributed by atoms with van der Waals surface area (Å²) in [5.74, 6) is 2.31. The number of aryl methyl sites for hydroxylation is 1. The number of thioether (sulfide) groups is 1. The Balaban J connectivity index is 1.32. The summed E-state index contributed by atoms with van der Waals surface area (Å²) in [6, 6.07) is 0. The molecule has 22 heavy (non-hydrogen) atoms. The maximum absolute atomic E-state index is 12.1. The van der Waals surface area contributed by atoms with E-state index in [9.17, 15) is 4.79 Å². The van der Waals surface area contributed by atoms with Crippen LogP contribution in [0, 0.1) is 17.3 Å². The monoisotopic (exact) mass is 318 g/mol. The quantitative estimate of drug-likeness (QED) is 0.629. The Morgan fingerprint density at radius 3 is 3.14 bits per heavy atom. The van der Waals surface area contributed by atoms with E-state index in [0.29, 0.717) is 23.6 Å². The molecule has 2 bridgehead atoms. The predicted octanol–water partition coefficient (Wildman–Crippen LogP) is 3.53. The topological polar surface area (TPSA) is 44.1 Å². The molecule has 0 amide bonds. The number of aromatic nitrogens is 2. The van der Waals surface area contributed by atoms with E-state index in [4.69, 9.17) is 4.74 Å². The highest BCUT2D eigenvalue weighted by molar-refractivity contribution is 7.99. The molecule has 1 saturated carbocycles. The summed E-state index contributed by atoms with van der Waals surface area (Å²) >= 11 is 1.69. The molecule has 4 nitrogen and oxygen atoms in total. The van der Waals surface area contributed by atoms with Crippen LogP contribution in [0.15, 0.2) is 23.0 Å². The molecule has 1 fully saturated rings. The van der Waals surface area contributed by atoms with E-state index in [2.05, 4.69) is 24.9 Å². The van der Waals surface area contributed by atoms with Crippen molar-refractivity contribution in [3.63, 3.8) is 0 Å². The van der Waals surface area contributed by atoms with Gasteiger partial charge < -0.3 is 9.30 Å². The van der Waals surface area contributed by atoms with Gasteiger partial charge in [0.1, 0.15) is 0 Å². The summed E-state index contributed by atoms with van der Waals surface area (Å²) < 4.78 is 7.47. The van der Waals surface area contributed by atoms with Gasteiger partial charge in [-0.3, -0.25) is 0 Å². The first-order chi connectivity index (χ1) is 10.6. The summed E-state index contributed by atoms with van der Waals surface area (Å²) in [4.78, 5) is 16.4. The zero-order valence-corrected chi connectivity index (χ0v) is 14.0. The van der Waals surface area contributed by atoms with Gasteiger partial charge in [-0.05, 0) is 30.1 Å². The van der Waals surface area contributed by atoms with Crippen molar-refractivity contribution in [3.8, 4) is 0 Å². The molecule has 118 valence electrons. The normalized spacial score (nSPS) is 27.8. The molecule has 1 aliphatic heterocycles. The van der Waals surface area contributed by atoms with Crippen LogP contribution >= 0.6 is 11.8 Å². The van der Waals surface area contributed by atoms with E-state index in [1.165, 1.54) is 18.4 Å². The highest BCUT2D eigenvalue weighted by Gasteiger charge is 2.50. The van der Waals surface area contributed by atoms with Crippen LogP contribution in [0.1, 0.15) is 43.6 Å². The maximum Gasteiger partial charge on any atom is 0.358 e. The standard InChI is InChI=1S/C17H22N2O2S/c1-17(2)12-4-3-11(13(17)9-12)5-7-21-15(20)14-10-19-6-8-22-16(19)18-14/h3,10,12-13H,4-9H2,1-2H3/t12-,13-/m0/s1. The average molecular weight is 318 g/mol. The lowest BCUT2D eigenvalue weighted by molar-refractivity contribution is -0.0103.